The van der Waals surface area contributed by atoms with Crippen LogP contribution in [-0.4, -0.2) is 15.3 Å². The number of thioether (sulfide) groups is 1. The summed E-state index contributed by atoms with van der Waals surface area (Å²) in [7, 11) is 0. The minimum Gasteiger partial charge on any atom is -0.377 e. The van der Waals surface area contributed by atoms with E-state index in [9.17, 15) is 0 Å². The maximum atomic E-state index is 5.39. The normalized spacial score (nSPS) is 12.4. The van der Waals surface area contributed by atoms with Gasteiger partial charge in [0.15, 0.2) is 11.0 Å². The van der Waals surface area contributed by atoms with Gasteiger partial charge in [-0.3, -0.25) is 0 Å². The van der Waals surface area contributed by atoms with E-state index in [4.69, 9.17) is 16.1 Å². The molecule has 1 heterocycles. The van der Waals surface area contributed by atoms with Gasteiger partial charge >= 0.3 is 0 Å². The van der Waals surface area contributed by atoms with Crippen molar-refractivity contribution < 1.29 is 4.52 Å². The van der Waals surface area contributed by atoms with Crippen molar-refractivity contribution in [3.8, 4) is 0 Å². The van der Waals surface area contributed by atoms with E-state index in [2.05, 4.69) is 15.2 Å². The maximum Gasteiger partial charge on any atom is 0.237 e. The Morgan fingerprint density at radius 1 is 1.64 bits per heavy atom. The topological polar surface area (TPSA) is 103 Å². The first-order valence-corrected chi connectivity index (χ1v) is 5.10. The van der Waals surface area contributed by atoms with Crippen LogP contribution in [0.4, 0.5) is 0 Å². The number of hydrazone groups is 1. The van der Waals surface area contributed by atoms with Gasteiger partial charge < -0.3 is 16.1 Å². The minimum atomic E-state index is 0.262. The first kappa shape index (κ1) is 10.8. The van der Waals surface area contributed by atoms with Gasteiger partial charge in [-0.1, -0.05) is 30.8 Å². The third kappa shape index (κ3) is 2.91. The largest absolute Gasteiger partial charge is 0.377 e. The Kier molecular flexibility index (Phi) is 3.75. The van der Waals surface area contributed by atoms with Gasteiger partial charge in [-0.15, -0.1) is 0 Å². The molecule has 1 aromatic heterocycles. The molecule has 0 aromatic carbocycles. The molecule has 4 N–H and O–H groups in total. The summed E-state index contributed by atoms with van der Waals surface area (Å²) in [5.41, 5.74) is 5.39. The molecule has 1 aromatic rings. The van der Waals surface area contributed by atoms with Crippen LogP contribution >= 0.6 is 11.8 Å². The van der Waals surface area contributed by atoms with Crippen LogP contribution < -0.4 is 11.6 Å². The maximum absolute atomic E-state index is 5.39. The van der Waals surface area contributed by atoms with Gasteiger partial charge in [0.2, 0.25) is 5.89 Å². The summed E-state index contributed by atoms with van der Waals surface area (Å²) in [6, 6.07) is 0. The lowest BCUT2D eigenvalue weighted by molar-refractivity contribution is 0.383. The van der Waals surface area contributed by atoms with Gasteiger partial charge in [0.1, 0.15) is 0 Å². The predicted octanol–water partition coefficient (Wildman–Crippen LogP) is 0.615. The van der Waals surface area contributed by atoms with Crippen molar-refractivity contribution in [1.29, 1.82) is 0 Å². The zero-order chi connectivity index (χ0) is 10.6. The van der Waals surface area contributed by atoms with E-state index in [-0.39, 0.29) is 5.92 Å². The zero-order valence-corrected chi connectivity index (χ0v) is 8.91. The molecule has 6 nitrogen and oxygen atoms in total. The number of rotatable bonds is 3. The van der Waals surface area contributed by atoms with Crippen molar-refractivity contribution >= 4 is 16.9 Å². The smallest absolute Gasteiger partial charge is 0.237 e. The van der Waals surface area contributed by atoms with Crippen molar-refractivity contribution in [3.63, 3.8) is 0 Å². The van der Waals surface area contributed by atoms with E-state index in [0.717, 1.165) is 0 Å². The molecule has 0 saturated heterocycles. The van der Waals surface area contributed by atoms with Crippen LogP contribution in [0.5, 0.6) is 0 Å². The average Bonchev–Trinajstić information content (AvgIpc) is 2.62. The molecule has 0 bridgehead atoms. The molecule has 0 fully saturated rings. The fraction of sp³-hybridized carbons (Fsp3) is 0.571. The predicted molar refractivity (Wildman–Crippen MR) is 55.5 cm³/mol. The second-order valence-electron chi connectivity index (χ2n) is 2.96. The average molecular weight is 215 g/mol. The van der Waals surface area contributed by atoms with Gasteiger partial charge in [0, 0.05) is 5.92 Å². The van der Waals surface area contributed by atoms with E-state index in [1.165, 1.54) is 11.8 Å². The summed E-state index contributed by atoms with van der Waals surface area (Å²) >= 11 is 1.26. The number of nitrogens with zero attached hydrogens (tertiary/aromatic N) is 3. The molecule has 14 heavy (non-hydrogen) atoms. The molecular formula is C7H13N5OS. The third-order valence-corrected chi connectivity index (χ3v) is 2.26. The lowest BCUT2D eigenvalue weighted by Gasteiger charge is -1.94. The Morgan fingerprint density at radius 2 is 2.36 bits per heavy atom. The van der Waals surface area contributed by atoms with Crippen molar-refractivity contribution in [2.75, 3.05) is 0 Å². The summed E-state index contributed by atoms with van der Waals surface area (Å²) in [5, 5.41) is 7.42. The van der Waals surface area contributed by atoms with E-state index < -0.39 is 0 Å². The Hall–Kier alpha value is -1.24. The molecule has 0 saturated carbocycles. The Labute approximate surface area is 86.1 Å². The molecule has 0 aliphatic rings. The van der Waals surface area contributed by atoms with E-state index >= 15 is 0 Å². The van der Waals surface area contributed by atoms with Crippen LogP contribution in [0.15, 0.2) is 9.62 Å². The fourth-order valence-electron chi connectivity index (χ4n) is 0.734. The van der Waals surface area contributed by atoms with Gasteiger partial charge in [-0.25, -0.2) is 0 Å². The molecule has 0 spiro atoms. The molecule has 7 heteroatoms. The van der Waals surface area contributed by atoms with Crippen molar-refractivity contribution in [2.24, 2.45) is 16.7 Å². The van der Waals surface area contributed by atoms with Crippen LogP contribution in [0.25, 0.3) is 0 Å². The Morgan fingerprint density at radius 3 is 2.86 bits per heavy atom. The van der Waals surface area contributed by atoms with Crippen LogP contribution in [0.1, 0.15) is 31.5 Å². The first-order valence-electron chi connectivity index (χ1n) is 4.12. The van der Waals surface area contributed by atoms with Gasteiger partial charge in [-0.05, 0) is 0 Å². The summed E-state index contributed by atoms with van der Waals surface area (Å²) in [4.78, 5) is 4.17. The van der Waals surface area contributed by atoms with Gasteiger partial charge in [-0.2, -0.15) is 10.1 Å². The van der Waals surface area contributed by atoms with E-state index in [0.29, 0.717) is 22.6 Å². The quantitative estimate of drug-likeness (QED) is 0.331. The highest BCUT2D eigenvalue weighted by Gasteiger charge is 2.09. The van der Waals surface area contributed by atoms with Gasteiger partial charge in [0.05, 0.1) is 5.75 Å². The number of aromatic nitrogens is 2. The van der Waals surface area contributed by atoms with Crippen LogP contribution in [0.3, 0.4) is 0 Å². The number of nitrogens with two attached hydrogens (primary N) is 2. The molecule has 0 aliphatic carbocycles. The lowest BCUT2D eigenvalue weighted by Crippen LogP contribution is -2.09. The number of amidine groups is 1. The van der Waals surface area contributed by atoms with Crippen LogP contribution in [0, 0.1) is 0 Å². The van der Waals surface area contributed by atoms with Crippen molar-refractivity contribution in [3.05, 3.63) is 11.7 Å². The van der Waals surface area contributed by atoms with Crippen molar-refractivity contribution in [2.45, 2.75) is 25.5 Å². The van der Waals surface area contributed by atoms with E-state index in [1.54, 1.807) is 0 Å². The molecule has 78 valence electrons. The Balaban J connectivity index is 2.52. The second kappa shape index (κ2) is 4.85. The summed E-state index contributed by atoms with van der Waals surface area (Å²) < 4.78 is 4.99. The van der Waals surface area contributed by atoms with Crippen LogP contribution in [-0.2, 0) is 5.75 Å². The highest BCUT2D eigenvalue weighted by atomic mass is 32.2. The SMILES string of the molecule is CC(C)c1noc(CSC(N)=NN)n1. The number of hydrogen-bond acceptors (Lipinski definition) is 6. The lowest BCUT2D eigenvalue weighted by atomic mass is 10.2. The molecule has 0 aliphatic heterocycles. The number of hydrogen-bond donors (Lipinski definition) is 2. The molecule has 0 atom stereocenters. The highest BCUT2D eigenvalue weighted by molar-refractivity contribution is 8.13. The summed E-state index contributed by atoms with van der Waals surface area (Å²) in [6.45, 7) is 3.99. The monoisotopic (exact) mass is 215 g/mol. The minimum absolute atomic E-state index is 0.262. The molecule has 0 amide bonds. The standard InChI is InChI=1S/C7H13N5OS/c1-4(2)6-10-5(13-12-6)3-14-7(8)11-9/h4H,3,9H2,1-2H3,(H2,8,11). The van der Waals surface area contributed by atoms with Crippen molar-refractivity contribution in [1.82, 2.24) is 10.1 Å². The fourth-order valence-corrected chi connectivity index (χ4v) is 1.20. The zero-order valence-electron chi connectivity index (χ0n) is 8.10. The van der Waals surface area contributed by atoms with Crippen LogP contribution in [0.2, 0.25) is 0 Å². The molecular weight excluding hydrogens is 202 g/mol. The first-order chi connectivity index (χ1) is 6.63. The molecule has 1 rings (SSSR count). The third-order valence-electron chi connectivity index (χ3n) is 1.47. The summed E-state index contributed by atoms with van der Waals surface area (Å²) in [6.07, 6.45) is 0. The summed E-state index contributed by atoms with van der Waals surface area (Å²) in [5.74, 6) is 6.95. The van der Waals surface area contributed by atoms with Gasteiger partial charge in [0.25, 0.3) is 0 Å². The van der Waals surface area contributed by atoms with E-state index in [1.807, 2.05) is 13.8 Å². The second-order valence-corrected chi connectivity index (χ2v) is 3.95. The Bertz CT molecular complexity index is 322. The molecule has 0 unspecified atom stereocenters. The molecule has 0 radical (unpaired) electrons. The highest BCUT2D eigenvalue weighted by Crippen LogP contribution is 2.13.